The summed E-state index contributed by atoms with van der Waals surface area (Å²) < 4.78 is 13.3. The fourth-order valence-corrected chi connectivity index (χ4v) is 4.53. The highest BCUT2D eigenvalue weighted by atomic mass is 19.1. The van der Waals surface area contributed by atoms with Gasteiger partial charge < -0.3 is 10.0 Å². The standard InChI is InChI=1S/C23H22FNO2/c24-19-5-3-4-16(15-19)7-8-17-9-11-20-18(14-17)10-12-21(20)25-13-2-1-6-22(25)23(26)27/h3-5,9,11,14-15,21-22H,1-2,6,10,12-13H2,(H,26,27)/p+1/t21?,22-/m1/s1. The van der Waals surface area contributed by atoms with Crippen LogP contribution in [0.5, 0.6) is 0 Å². The van der Waals surface area contributed by atoms with Crippen molar-refractivity contribution in [3.05, 3.63) is 70.5 Å². The van der Waals surface area contributed by atoms with Crippen LogP contribution < -0.4 is 4.90 Å². The number of nitrogens with one attached hydrogen (secondary N) is 1. The first-order chi connectivity index (χ1) is 13.1. The highest BCUT2D eigenvalue weighted by molar-refractivity contribution is 5.71. The van der Waals surface area contributed by atoms with E-state index < -0.39 is 5.97 Å². The first-order valence-corrected chi connectivity index (χ1v) is 9.60. The average molecular weight is 364 g/mol. The van der Waals surface area contributed by atoms with Gasteiger partial charge in [-0.3, -0.25) is 0 Å². The maximum atomic E-state index is 13.3. The Bertz CT molecular complexity index is 927. The van der Waals surface area contributed by atoms with Crippen LogP contribution in [0, 0.1) is 17.7 Å². The Morgan fingerprint density at radius 2 is 1.89 bits per heavy atom. The molecule has 4 heteroatoms. The summed E-state index contributed by atoms with van der Waals surface area (Å²) in [4.78, 5) is 12.9. The fourth-order valence-electron chi connectivity index (χ4n) is 4.53. The average Bonchev–Trinajstić information content (AvgIpc) is 3.09. The number of fused-ring (bicyclic) bond motifs is 1. The molecule has 2 aromatic rings. The van der Waals surface area contributed by atoms with Crippen LogP contribution in [0.25, 0.3) is 0 Å². The van der Waals surface area contributed by atoms with Crippen molar-refractivity contribution in [2.45, 2.75) is 44.2 Å². The number of carboxylic acids is 1. The largest absolute Gasteiger partial charge is 0.477 e. The zero-order valence-electron chi connectivity index (χ0n) is 15.2. The second-order valence-electron chi connectivity index (χ2n) is 7.48. The zero-order valence-corrected chi connectivity index (χ0v) is 15.2. The van der Waals surface area contributed by atoms with Crippen molar-refractivity contribution in [2.75, 3.05) is 6.54 Å². The van der Waals surface area contributed by atoms with Gasteiger partial charge in [0, 0.05) is 29.5 Å². The molecular weight excluding hydrogens is 341 g/mol. The molecule has 0 saturated carbocycles. The van der Waals surface area contributed by atoms with Crippen LogP contribution in [-0.2, 0) is 11.2 Å². The number of piperidine rings is 1. The van der Waals surface area contributed by atoms with Crippen molar-refractivity contribution < 1.29 is 19.2 Å². The maximum absolute atomic E-state index is 13.3. The third-order valence-electron chi connectivity index (χ3n) is 5.80. The number of carbonyl (C=O) groups is 1. The van der Waals surface area contributed by atoms with Crippen molar-refractivity contribution in [3.63, 3.8) is 0 Å². The molecule has 0 aromatic heterocycles. The lowest BCUT2D eigenvalue weighted by Crippen LogP contribution is -3.17. The van der Waals surface area contributed by atoms with Gasteiger partial charge in [0.25, 0.3) is 0 Å². The van der Waals surface area contributed by atoms with Gasteiger partial charge in [-0.2, -0.15) is 0 Å². The van der Waals surface area contributed by atoms with E-state index in [-0.39, 0.29) is 17.9 Å². The summed E-state index contributed by atoms with van der Waals surface area (Å²) in [6.45, 7) is 0.933. The number of aryl methyl sites for hydroxylation is 1. The molecule has 1 fully saturated rings. The molecule has 0 spiro atoms. The van der Waals surface area contributed by atoms with E-state index in [1.54, 1.807) is 12.1 Å². The van der Waals surface area contributed by atoms with Crippen LogP contribution >= 0.6 is 0 Å². The van der Waals surface area contributed by atoms with Gasteiger partial charge >= 0.3 is 5.97 Å². The van der Waals surface area contributed by atoms with Gasteiger partial charge in [0.1, 0.15) is 11.9 Å². The Balaban J connectivity index is 1.57. The van der Waals surface area contributed by atoms with Gasteiger partial charge in [0.2, 0.25) is 0 Å². The Morgan fingerprint density at radius 1 is 1.07 bits per heavy atom. The summed E-state index contributed by atoms with van der Waals surface area (Å²) in [6, 6.07) is 12.5. The minimum Gasteiger partial charge on any atom is -0.477 e. The molecule has 3 nitrogen and oxygen atoms in total. The normalized spacial score (nSPS) is 24.0. The number of hydrogen-bond donors (Lipinski definition) is 2. The molecule has 0 radical (unpaired) electrons. The summed E-state index contributed by atoms with van der Waals surface area (Å²) in [5, 5.41) is 9.59. The SMILES string of the molecule is O=C(O)[C@H]1CCCC[NH+]1C1CCc2cc(C#Cc3cccc(F)c3)ccc21. The molecule has 0 bridgehead atoms. The van der Waals surface area contributed by atoms with Crippen LogP contribution in [0.3, 0.4) is 0 Å². The van der Waals surface area contributed by atoms with E-state index in [1.165, 1.54) is 28.2 Å². The molecule has 4 rings (SSSR count). The first-order valence-electron chi connectivity index (χ1n) is 9.60. The van der Waals surface area contributed by atoms with Gasteiger partial charge in [0.05, 0.1) is 6.54 Å². The first kappa shape index (κ1) is 17.8. The number of hydrogen-bond acceptors (Lipinski definition) is 1. The van der Waals surface area contributed by atoms with E-state index in [4.69, 9.17) is 0 Å². The predicted molar refractivity (Wildman–Crippen MR) is 101 cm³/mol. The lowest BCUT2D eigenvalue weighted by Gasteiger charge is -2.34. The molecule has 3 atom stereocenters. The minimum absolute atomic E-state index is 0.270. The third kappa shape index (κ3) is 3.74. The van der Waals surface area contributed by atoms with E-state index in [9.17, 15) is 14.3 Å². The van der Waals surface area contributed by atoms with Gasteiger partial charge in [0.15, 0.2) is 6.04 Å². The third-order valence-corrected chi connectivity index (χ3v) is 5.80. The molecule has 27 heavy (non-hydrogen) atoms. The fraction of sp³-hybridized carbons (Fsp3) is 0.348. The van der Waals surface area contributed by atoms with Gasteiger partial charge in [-0.05, 0) is 55.2 Å². The zero-order chi connectivity index (χ0) is 18.8. The summed E-state index contributed by atoms with van der Waals surface area (Å²) in [7, 11) is 0. The number of likely N-dealkylation sites (tertiary alicyclic amines) is 1. The Kier molecular flexibility index (Phi) is 4.96. The number of quaternary nitrogens is 1. The van der Waals surface area contributed by atoms with Crippen LogP contribution in [0.1, 0.15) is 54.0 Å². The van der Waals surface area contributed by atoms with E-state index in [1.807, 2.05) is 6.07 Å². The molecule has 2 unspecified atom stereocenters. The number of rotatable bonds is 2. The smallest absolute Gasteiger partial charge is 0.362 e. The number of aliphatic carboxylic acids is 1. The van der Waals surface area contributed by atoms with Crippen molar-refractivity contribution in [3.8, 4) is 11.8 Å². The van der Waals surface area contributed by atoms with Gasteiger partial charge in [-0.1, -0.05) is 24.0 Å². The molecule has 1 heterocycles. The monoisotopic (exact) mass is 364 g/mol. The molecule has 0 amide bonds. The van der Waals surface area contributed by atoms with Gasteiger partial charge in [-0.15, -0.1) is 0 Å². The quantitative estimate of drug-likeness (QED) is 0.805. The maximum Gasteiger partial charge on any atom is 0.362 e. The Hall–Kier alpha value is -2.64. The molecule has 2 aliphatic rings. The van der Waals surface area contributed by atoms with Crippen molar-refractivity contribution in [1.82, 2.24) is 0 Å². The predicted octanol–water partition coefficient (Wildman–Crippen LogP) is 2.73. The summed E-state index contributed by atoms with van der Waals surface area (Å²) in [5.41, 5.74) is 4.13. The Morgan fingerprint density at radius 3 is 2.67 bits per heavy atom. The second kappa shape index (κ2) is 7.54. The number of carboxylic acid groups (broad SMARTS) is 1. The minimum atomic E-state index is -0.671. The van der Waals surface area contributed by atoms with E-state index >= 15 is 0 Å². The molecule has 2 aromatic carbocycles. The molecule has 1 aliphatic heterocycles. The highest BCUT2D eigenvalue weighted by Gasteiger charge is 2.40. The summed E-state index contributed by atoms with van der Waals surface area (Å²) in [6.07, 6.45) is 4.84. The topological polar surface area (TPSA) is 41.7 Å². The highest BCUT2D eigenvalue weighted by Crippen LogP contribution is 2.30. The van der Waals surface area contributed by atoms with Crippen LogP contribution in [0.2, 0.25) is 0 Å². The van der Waals surface area contributed by atoms with E-state index in [0.717, 1.165) is 44.2 Å². The summed E-state index contributed by atoms with van der Waals surface area (Å²) >= 11 is 0. The summed E-state index contributed by atoms with van der Waals surface area (Å²) in [5.74, 6) is 5.19. The van der Waals surface area contributed by atoms with Crippen LogP contribution in [-0.4, -0.2) is 23.7 Å². The van der Waals surface area contributed by atoms with E-state index in [0.29, 0.717) is 5.56 Å². The molecular formula is C23H23FNO2+. The number of benzene rings is 2. The van der Waals surface area contributed by atoms with Crippen molar-refractivity contribution >= 4 is 5.97 Å². The van der Waals surface area contributed by atoms with Crippen LogP contribution in [0.15, 0.2) is 42.5 Å². The van der Waals surface area contributed by atoms with Crippen molar-refractivity contribution in [1.29, 1.82) is 0 Å². The van der Waals surface area contributed by atoms with Crippen LogP contribution in [0.4, 0.5) is 4.39 Å². The van der Waals surface area contributed by atoms with E-state index in [2.05, 4.69) is 24.0 Å². The lowest BCUT2D eigenvalue weighted by atomic mass is 9.96. The lowest BCUT2D eigenvalue weighted by molar-refractivity contribution is -0.952. The van der Waals surface area contributed by atoms with Gasteiger partial charge in [-0.25, -0.2) is 9.18 Å². The van der Waals surface area contributed by atoms with Crippen molar-refractivity contribution in [2.24, 2.45) is 0 Å². The molecule has 138 valence electrons. The second-order valence-corrected chi connectivity index (χ2v) is 7.48. The Labute approximate surface area is 158 Å². The molecule has 1 saturated heterocycles. The molecule has 2 N–H and O–H groups in total. The number of halogens is 1. The molecule has 1 aliphatic carbocycles.